The third-order valence-corrected chi connectivity index (χ3v) is 4.29. The average Bonchev–Trinajstić information content (AvgIpc) is 2.60. The summed E-state index contributed by atoms with van der Waals surface area (Å²) in [6.45, 7) is 12.9. The number of ether oxygens (including phenoxy) is 2. The molecule has 0 amide bonds. The van der Waals surface area contributed by atoms with E-state index in [1.165, 1.54) is 38.9 Å². The molecule has 0 atom stereocenters. The van der Waals surface area contributed by atoms with Gasteiger partial charge in [0.2, 0.25) is 0 Å². The number of likely N-dealkylation sites (tertiary alicyclic amines) is 1. The van der Waals surface area contributed by atoms with Gasteiger partial charge in [0.05, 0.1) is 13.2 Å². The molecule has 1 aliphatic heterocycles. The molecule has 0 radical (unpaired) electrons. The van der Waals surface area contributed by atoms with E-state index < -0.39 is 0 Å². The number of nitrogens with one attached hydrogen (secondary N) is 2. The standard InChI is InChI=1S/C18H38N4O2.HI/c1-4-10-22-11-7-17(8-12-22)16-21-18(19-5-2)20-9-6-13-24-15-14-23-3;/h17H,4-16H2,1-3H3,(H2,19,20,21);1H. The summed E-state index contributed by atoms with van der Waals surface area (Å²) in [5.74, 6) is 1.66. The second kappa shape index (κ2) is 17.3. The molecule has 1 heterocycles. The Bertz CT molecular complexity index is 324. The number of piperidine rings is 1. The molecule has 7 heteroatoms. The predicted octanol–water partition coefficient (Wildman–Crippen LogP) is 2.33. The number of guanidine groups is 1. The maximum atomic E-state index is 5.47. The quantitative estimate of drug-likeness (QED) is 0.199. The molecule has 1 saturated heterocycles. The largest absolute Gasteiger partial charge is 0.382 e. The second-order valence-corrected chi connectivity index (χ2v) is 6.39. The van der Waals surface area contributed by atoms with Gasteiger partial charge in [-0.05, 0) is 58.2 Å². The van der Waals surface area contributed by atoms with Gasteiger partial charge in [0.15, 0.2) is 5.96 Å². The molecule has 0 aliphatic carbocycles. The maximum Gasteiger partial charge on any atom is 0.191 e. The lowest BCUT2D eigenvalue weighted by Gasteiger charge is -2.31. The Labute approximate surface area is 171 Å². The van der Waals surface area contributed by atoms with Crippen LogP contribution < -0.4 is 10.6 Å². The van der Waals surface area contributed by atoms with Crippen LogP contribution >= 0.6 is 24.0 Å². The van der Waals surface area contributed by atoms with Gasteiger partial charge in [-0.15, -0.1) is 24.0 Å². The Morgan fingerprint density at radius 1 is 1.12 bits per heavy atom. The van der Waals surface area contributed by atoms with Crippen molar-refractivity contribution in [2.45, 2.75) is 39.5 Å². The zero-order valence-electron chi connectivity index (χ0n) is 16.4. The van der Waals surface area contributed by atoms with Gasteiger partial charge in [-0.25, -0.2) is 0 Å². The Balaban J connectivity index is 0.00000576. The smallest absolute Gasteiger partial charge is 0.191 e. The number of rotatable bonds is 12. The van der Waals surface area contributed by atoms with E-state index in [-0.39, 0.29) is 24.0 Å². The zero-order chi connectivity index (χ0) is 17.5. The normalized spacial score (nSPS) is 16.5. The summed E-state index contributed by atoms with van der Waals surface area (Å²) in [5.41, 5.74) is 0. The lowest BCUT2D eigenvalue weighted by atomic mass is 9.97. The fourth-order valence-corrected chi connectivity index (χ4v) is 2.90. The Morgan fingerprint density at radius 2 is 1.88 bits per heavy atom. The Morgan fingerprint density at radius 3 is 2.52 bits per heavy atom. The molecule has 0 saturated carbocycles. The maximum absolute atomic E-state index is 5.47. The van der Waals surface area contributed by atoms with E-state index in [1.54, 1.807) is 7.11 Å². The van der Waals surface area contributed by atoms with Crippen molar-refractivity contribution in [1.82, 2.24) is 15.5 Å². The van der Waals surface area contributed by atoms with Crippen molar-refractivity contribution in [3.63, 3.8) is 0 Å². The molecule has 1 rings (SSSR count). The fourth-order valence-electron chi connectivity index (χ4n) is 2.90. The van der Waals surface area contributed by atoms with Crippen molar-refractivity contribution < 1.29 is 9.47 Å². The number of methoxy groups -OCH3 is 1. The third-order valence-electron chi connectivity index (χ3n) is 4.29. The van der Waals surface area contributed by atoms with Crippen molar-refractivity contribution in [1.29, 1.82) is 0 Å². The van der Waals surface area contributed by atoms with Crippen LogP contribution in [0.15, 0.2) is 4.99 Å². The minimum atomic E-state index is 0. The van der Waals surface area contributed by atoms with Crippen LogP contribution in [0.3, 0.4) is 0 Å². The molecule has 0 unspecified atom stereocenters. The number of hydrogen-bond donors (Lipinski definition) is 2. The molecule has 1 aliphatic rings. The van der Waals surface area contributed by atoms with Crippen LogP contribution in [0.1, 0.15) is 39.5 Å². The molecule has 0 aromatic rings. The molecule has 0 spiro atoms. The van der Waals surface area contributed by atoms with Crippen molar-refractivity contribution in [3.05, 3.63) is 0 Å². The SMILES string of the molecule is CCCN1CCC(CN=C(NCC)NCCCOCCOC)CC1.I. The van der Waals surface area contributed by atoms with Gasteiger partial charge < -0.3 is 25.0 Å². The number of nitrogens with zero attached hydrogens (tertiary/aromatic N) is 2. The first-order valence-electron chi connectivity index (χ1n) is 9.61. The second-order valence-electron chi connectivity index (χ2n) is 6.39. The molecule has 0 aromatic carbocycles. The van der Waals surface area contributed by atoms with Crippen LogP contribution in [-0.4, -0.2) is 77.1 Å². The summed E-state index contributed by atoms with van der Waals surface area (Å²) >= 11 is 0. The molecule has 1 fully saturated rings. The zero-order valence-corrected chi connectivity index (χ0v) is 18.7. The molecule has 25 heavy (non-hydrogen) atoms. The first-order chi connectivity index (χ1) is 11.8. The van der Waals surface area contributed by atoms with E-state index in [2.05, 4.69) is 29.4 Å². The van der Waals surface area contributed by atoms with Crippen molar-refractivity contribution in [2.75, 3.05) is 66.2 Å². The first kappa shape index (κ1) is 24.9. The molecule has 0 bridgehead atoms. The molecular weight excluding hydrogens is 431 g/mol. The van der Waals surface area contributed by atoms with Gasteiger partial charge in [0, 0.05) is 33.4 Å². The highest BCUT2D eigenvalue weighted by Gasteiger charge is 2.18. The first-order valence-corrected chi connectivity index (χ1v) is 9.61. The van der Waals surface area contributed by atoms with Gasteiger partial charge >= 0.3 is 0 Å². The van der Waals surface area contributed by atoms with E-state index >= 15 is 0 Å². The van der Waals surface area contributed by atoms with Crippen LogP contribution in [0.25, 0.3) is 0 Å². The van der Waals surface area contributed by atoms with Gasteiger partial charge in [-0.1, -0.05) is 6.92 Å². The minimum absolute atomic E-state index is 0. The van der Waals surface area contributed by atoms with Gasteiger partial charge in [0.1, 0.15) is 0 Å². The number of hydrogen-bond acceptors (Lipinski definition) is 4. The highest BCUT2D eigenvalue weighted by molar-refractivity contribution is 14.0. The molecule has 150 valence electrons. The summed E-state index contributed by atoms with van der Waals surface area (Å²) in [6, 6.07) is 0. The van der Waals surface area contributed by atoms with Crippen molar-refractivity contribution in [2.24, 2.45) is 10.9 Å². The van der Waals surface area contributed by atoms with E-state index in [9.17, 15) is 0 Å². The number of halogens is 1. The van der Waals surface area contributed by atoms with Crippen LogP contribution in [0.5, 0.6) is 0 Å². The van der Waals surface area contributed by atoms with Crippen molar-refractivity contribution in [3.8, 4) is 0 Å². The lowest BCUT2D eigenvalue weighted by molar-refractivity contribution is 0.0698. The topological polar surface area (TPSA) is 58.1 Å². The van der Waals surface area contributed by atoms with Crippen LogP contribution in [0.4, 0.5) is 0 Å². The molecular formula is C18H39IN4O2. The van der Waals surface area contributed by atoms with E-state index in [0.717, 1.165) is 44.5 Å². The Kier molecular flexibility index (Phi) is 17.2. The summed E-state index contributed by atoms with van der Waals surface area (Å²) in [5, 5.41) is 6.73. The van der Waals surface area contributed by atoms with Crippen LogP contribution in [-0.2, 0) is 9.47 Å². The van der Waals surface area contributed by atoms with Crippen LogP contribution in [0.2, 0.25) is 0 Å². The van der Waals surface area contributed by atoms with E-state index in [4.69, 9.17) is 14.5 Å². The monoisotopic (exact) mass is 470 g/mol. The highest BCUT2D eigenvalue weighted by atomic mass is 127. The van der Waals surface area contributed by atoms with Gasteiger partial charge in [-0.2, -0.15) is 0 Å². The van der Waals surface area contributed by atoms with Gasteiger partial charge in [0.25, 0.3) is 0 Å². The van der Waals surface area contributed by atoms with Gasteiger partial charge in [-0.3, -0.25) is 4.99 Å². The Hall–Kier alpha value is -0.120. The predicted molar refractivity (Wildman–Crippen MR) is 116 cm³/mol. The van der Waals surface area contributed by atoms with Crippen molar-refractivity contribution >= 4 is 29.9 Å². The summed E-state index contributed by atoms with van der Waals surface area (Å²) in [6.07, 6.45) is 4.78. The molecule has 6 nitrogen and oxygen atoms in total. The lowest BCUT2D eigenvalue weighted by Crippen LogP contribution is -2.39. The molecule has 2 N–H and O–H groups in total. The van der Waals surface area contributed by atoms with Crippen LogP contribution in [0, 0.1) is 5.92 Å². The summed E-state index contributed by atoms with van der Waals surface area (Å²) in [7, 11) is 1.69. The average molecular weight is 470 g/mol. The van der Waals surface area contributed by atoms with E-state index in [0.29, 0.717) is 13.2 Å². The molecule has 0 aromatic heterocycles. The highest BCUT2D eigenvalue weighted by Crippen LogP contribution is 2.17. The fraction of sp³-hybridized carbons (Fsp3) is 0.944. The summed E-state index contributed by atoms with van der Waals surface area (Å²) < 4.78 is 10.4. The van der Waals surface area contributed by atoms with E-state index in [1.807, 2.05) is 0 Å². The third kappa shape index (κ3) is 12.8. The summed E-state index contributed by atoms with van der Waals surface area (Å²) in [4.78, 5) is 7.35. The number of aliphatic imine (C=N–C) groups is 1. The minimum Gasteiger partial charge on any atom is -0.382 e.